The van der Waals surface area contributed by atoms with Crippen LogP contribution >= 0.6 is 11.3 Å². The van der Waals surface area contributed by atoms with Crippen LogP contribution in [0.2, 0.25) is 0 Å². The van der Waals surface area contributed by atoms with Crippen LogP contribution in [0.15, 0.2) is 59.0 Å². The van der Waals surface area contributed by atoms with E-state index in [0.717, 1.165) is 15.6 Å². The fourth-order valence-electron chi connectivity index (χ4n) is 4.05. The lowest BCUT2D eigenvalue weighted by Gasteiger charge is -2.17. The first-order chi connectivity index (χ1) is 18.5. The summed E-state index contributed by atoms with van der Waals surface area (Å²) in [6.45, 7) is 4.44. The number of aromatic nitrogens is 3. The van der Waals surface area contributed by atoms with Gasteiger partial charge in [-0.15, -0.1) is 11.3 Å². The van der Waals surface area contributed by atoms with Crippen molar-refractivity contribution in [3.8, 4) is 10.6 Å². The number of fused-ring (bicyclic) bond motifs is 1. The first-order valence-electron chi connectivity index (χ1n) is 12.6. The fourth-order valence-corrected chi connectivity index (χ4v) is 4.77. The zero-order chi connectivity index (χ0) is 26.9. The van der Waals surface area contributed by atoms with Crippen LogP contribution in [0.5, 0.6) is 0 Å². The molecule has 1 aromatic carbocycles. The molecule has 0 aliphatic heterocycles. The Balaban J connectivity index is 1.65. The Hall–Kier alpha value is -4.05. The van der Waals surface area contributed by atoms with Crippen molar-refractivity contribution in [1.82, 2.24) is 14.8 Å². The summed E-state index contributed by atoms with van der Waals surface area (Å²) in [5, 5.41) is 11.4. The Bertz CT molecular complexity index is 1460. The van der Waals surface area contributed by atoms with Gasteiger partial charge in [0.15, 0.2) is 0 Å². The van der Waals surface area contributed by atoms with E-state index in [0.29, 0.717) is 50.2 Å². The molecule has 4 rings (SSSR count). The van der Waals surface area contributed by atoms with Gasteiger partial charge >= 0.3 is 11.9 Å². The number of hydrogen-bond donors (Lipinski definition) is 1. The van der Waals surface area contributed by atoms with Crippen molar-refractivity contribution in [1.29, 1.82) is 0 Å². The summed E-state index contributed by atoms with van der Waals surface area (Å²) in [5.41, 5.74) is 0.725. The van der Waals surface area contributed by atoms with Crippen molar-refractivity contribution < 1.29 is 19.1 Å². The summed E-state index contributed by atoms with van der Waals surface area (Å²) in [7, 11) is 0. The normalized spacial score (nSPS) is 10.9. The summed E-state index contributed by atoms with van der Waals surface area (Å²) >= 11 is 1.42. The van der Waals surface area contributed by atoms with Gasteiger partial charge in [-0.3, -0.25) is 14.6 Å². The van der Waals surface area contributed by atoms with Crippen LogP contribution in [0.1, 0.15) is 49.9 Å². The minimum atomic E-state index is -0.637. The van der Waals surface area contributed by atoms with E-state index in [1.54, 1.807) is 19.3 Å². The molecule has 3 aromatic heterocycles. The first-order valence-corrected chi connectivity index (χ1v) is 13.5. The van der Waals surface area contributed by atoms with Gasteiger partial charge in [0, 0.05) is 29.9 Å². The first kappa shape index (κ1) is 27.0. The summed E-state index contributed by atoms with van der Waals surface area (Å²) in [6.07, 6.45) is 5.62. The lowest BCUT2D eigenvalue weighted by Crippen LogP contribution is -2.29. The zero-order valence-electron chi connectivity index (χ0n) is 21.4. The minimum absolute atomic E-state index is 0.0848. The summed E-state index contributed by atoms with van der Waals surface area (Å²) in [4.78, 5) is 43.5. The number of aryl methyl sites for hydroxylation is 1. The molecule has 0 amide bonds. The van der Waals surface area contributed by atoms with Gasteiger partial charge in [0.05, 0.1) is 30.0 Å². The molecule has 4 aromatic rings. The van der Waals surface area contributed by atoms with Gasteiger partial charge in [-0.25, -0.2) is 9.48 Å². The van der Waals surface area contributed by atoms with Crippen molar-refractivity contribution in [2.45, 2.75) is 46.1 Å². The second-order valence-electron chi connectivity index (χ2n) is 8.48. The monoisotopic (exact) mass is 534 g/mol. The number of thiophene rings is 1. The van der Waals surface area contributed by atoms with E-state index in [9.17, 15) is 14.4 Å². The Morgan fingerprint density at radius 3 is 2.63 bits per heavy atom. The number of rotatable bonds is 12. The molecule has 0 spiro atoms. The van der Waals surface area contributed by atoms with E-state index in [2.05, 4.69) is 15.4 Å². The highest BCUT2D eigenvalue weighted by molar-refractivity contribution is 7.13. The van der Waals surface area contributed by atoms with Gasteiger partial charge in [-0.05, 0) is 44.6 Å². The number of anilines is 2. The van der Waals surface area contributed by atoms with E-state index in [1.165, 1.54) is 16.0 Å². The number of pyridine rings is 1. The maximum atomic E-state index is 13.5. The van der Waals surface area contributed by atoms with Gasteiger partial charge < -0.3 is 14.8 Å². The molecule has 1 N–H and O–H groups in total. The lowest BCUT2D eigenvalue weighted by atomic mass is 10.1. The molecule has 0 radical (unpaired) electrons. The molecule has 0 aliphatic carbocycles. The van der Waals surface area contributed by atoms with Crippen LogP contribution in [0.3, 0.4) is 0 Å². The molecule has 0 saturated heterocycles. The standard InChI is InChI=1S/C28H30N4O5S/c1-3-32-27(34)26(30-21-18-29-17-19-11-7-8-12-20(19)21)24(25(31-32)22-13-10-16-38-22)28(35)37-15-9-5-6-14-23(33)36-4-2/h7-8,10-13,16-18,30H,3-6,9,14-15H2,1-2H3. The van der Waals surface area contributed by atoms with E-state index < -0.39 is 11.5 Å². The van der Waals surface area contributed by atoms with Gasteiger partial charge in [0.2, 0.25) is 0 Å². The molecule has 0 aliphatic rings. The van der Waals surface area contributed by atoms with Crippen LogP contribution in [0.25, 0.3) is 21.3 Å². The molecule has 10 heteroatoms. The molecule has 198 valence electrons. The van der Waals surface area contributed by atoms with Crippen molar-refractivity contribution in [2.75, 3.05) is 18.5 Å². The summed E-state index contributed by atoms with van der Waals surface area (Å²) in [6, 6.07) is 11.4. The molecule has 3 heterocycles. The molecule has 0 fully saturated rings. The molecule has 0 bridgehead atoms. The summed E-state index contributed by atoms with van der Waals surface area (Å²) < 4.78 is 11.9. The van der Waals surface area contributed by atoms with Gasteiger partial charge in [0.1, 0.15) is 16.9 Å². The van der Waals surface area contributed by atoms with Gasteiger partial charge in [0.25, 0.3) is 5.56 Å². The van der Waals surface area contributed by atoms with Crippen LogP contribution in [0, 0.1) is 0 Å². The third kappa shape index (κ3) is 6.25. The average molecular weight is 535 g/mol. The highest BCUT2D eigenvalue weighted by Gasteiger charge is 2.26. The van der Waals surface area contributed by atoms with Crippen molar-refractivity contribution in [3.05, 3.63) is 70.1 Å². The quantitative estimate of drug-likeness (QED) is 0.186. The maximum Gasteiger partial charge on any atom is 0.342 e. The second-order valence-corrected chi connectivity index (χ2v) is 9.43. The highest BCUT2D eigenvalue weighted by atomic mass is 32.1. The lowest BCUT2D eigenvalue weighted by molar-refractivity contribution is -0.143. The fraction of sp³-hybridized carbons (Fsp3) is 0.321. The third-order valence-corrected chi connectivity index (χ3v) is 6.78. The van der Waals surface area contributed by atoms with E-state index in [1.807, 2.05) is 48.7 Å². The number of carbonyl (C=O) groups excluding carboxylic acids is 2. The Morgan fingerprint density at radius 1 is 1.03 bits per heavy atom. The zero-order valence-corrected chi connectivity index (χ0v) is 22.3. The third-order valence-electron chi connectivity index (χ3n) is 5.91. The van der Waals surface area contributed by atoms with E-state index >= 15 is 0 Å². The maximum absolute atomic E-state index is 13.5. The number of carbonyl (C=O) groups is 2. The number of benzene rings is 1. The van der Waals surface area contributed by atoms with Crippen molar-refractivity contribution in [2.24, 2.45) is 0 Å². The van der Waals surface area contributed by atoms with Gasteiger partial charge in [-0.2, -0.15) is 5.10 Å². The number of hydrogen-bond acceptors (Lipinski definition) is 9. The molecular formula is C28H30N4O5S. The number of esters is 2. The number of unbranched alkanes of at least 4 members (excludes halogenated alkanes) is 2. The predicted octanol–water partition coefficient (Wildman–Crippen LogP) is 5.56. The highest BCUT2D eigenvalue weighted by Crippen LogP contribution is 2.32. The second kappa shape index (κ2) is 13.0. The molecular weight excluding hydrogens is 504 g/mol. The molecule has 38 heavy (non-hydrogen) atoms. The van der Waals surface area contributed by atoms with E-state index in [4.69, 9.17) is 9.47 Å². The topological polar surface area (TPSA) is 112 Å². The number of nitrogens with zero attached hydrogens (tertiary/aromatic N) is 3. The SMILES string of the molecule is CCOC(=O)CCCCCOC(=O)c1c(-c2cccs2)nn(CC)c(=O)c1Nc1cncc2ccccc12. The average Bonchev–Trinajstić information content (AvgIpc) is 3.47. The molecule has 9 nitrogen and oxygen atoms in total. The number of nitrogens with one attached hydrogen (secondary N) is 1. The Labute approximate surface area is 224 Å². The van der Waals surface area contributed by atoms with Gasteiger partial charge in [-0.1, -0.05) is 30.3 Å². The Morgan fingerprint density at radius 2 is 1.87 bits per heavy atom. The van der Waals surface area contributed by atoms with Crippen molar-refractivity contribution >= 4 is 45.4 Å². The van der Waals surface area contributed by atoms with Crippen LogP contribution in [-0.2, 0) is 20.8 Å². The van der Waals surface area contributed by atoms with Crippen LogP contribution in [0.4, 0.5) is 11.4 Å². The van der Waals surface area contributed by atoms with Crippen molar-refractivity contribution in [3.63, 3.8) is 0 Å². The predicted molar refractivity (Wildman–Crippen MR) is 148 cm³/mol. The minimum Gasteiger partial charge on any atom is -0.466 e. The number of ether oxygens (including phenoxy) is 2. The van der Waals surface area contributed by atoms with E-state index in [-0.39, 0.29) is 23.8 Å². The molecule has 0 saturated carbocycles. The Kier molecular flexibility index (Phi) is 9.21. The smallest absolute Gasteiger partial charge is 0.342 e. The van der Waals surface area contributed by atoms with Crippen LogP contribution in [-0.4, -0.2) is 39.9 Å². The summed E-state index contributed by atoms with van der Waals surface area (Å²) in [5.74, 6) is -0.867. The molecule has 0 unspecified atom stereocenters. The molecule has 0 atom stereocenters. The van der Waals surface area contributed by atoms with Crippen LogP contribution < -0.4 is 10.9 Å². The largest absolute Gasteiger partial charge is 0.466 e.